The van der Waals surface area contributed by atoms with Crippen molar-refractivity contribution >= 4 is 44.0 Å². The number of carbonyl (C=O) groups excluding carboxylic acids is 2. The van der Waals surface area contributed by atoms with Crippen molar-refractivity contribution in [1.29, 1.82) is 0 Å². The van der Waals surface area contributed by atoms with Gasteiger partial charge in [0.05, 0.1) is 44.5 Å². The summed E-state index contributed by atoms with van der Waals surface area (Å²) in [6.07, 6.45) is 4.42. The van der Waals surface area contributed by atoms with Crippen molar-refractivity contribution in [2.24, 2.45) is 0 Å². The summed E-state index contributed by atoms with van der Waals surface area (Å²) in [7, 11) is 3.06. The number of aromatic nitrogens is 2. The van der Waals surface area contributed by atoms with Crippen molar-refractivity contribution in [2.45, 2.75) is 52.4 Å². The summed E-state index contributed by atoms with van der Waals surface area (Å²) in [6.45, 7) is 13.0. The van der Waals surface area contributed by atoms with E-state index in [1.54, 1.807) is 38.6 Å². The smallest absolute Gasteiger partial charge is 0.255 e. The standard InChI is InChI=1S/C46H56N6O7S/c1-29-12-13-32(45(54)49-37-26-34(46(2,3)4)27-38(44(37)59-8)50-60(9,55)56)25-35(29)31-14-15-36-33(24-31)28-47-42(48-36)23-30-21-40(57-6)43(41(22-30)58-7)39(53)11-10-16-52-19-17-51(5)18-20-52/h12-15,21-22,24-28,50H,10-11,16-20,23H2,1-9H3,(H,49,54). The fraction of sp³-hybridized carbons (Fsp3) is 0.391. The van der Waals surface area contributed by atoms with Crippen molar-refractivity contribution in [3.05, 3.63) is 101 Å². The van der Waals surface area contributed by atoms with E-state index in [2.05, 4.69) is 26.9 Å². The van der Waals surface area contributed by atoms with Gasteiger partial charge in [-0.3, -0.25) is 14.3 Å². The Kier molecular flexibility index (Phi) is 13.5. The van der Waals surface area contributed by atoms with E-state index in [0.29, 0.717) is 47.0 Å². The lowest BCUT2D eigenvalue weighted by Gasteiger charge is -2.32. The first-order valence-corrected chi connectivity index (χ1v) is 21.9. The average Bonchev–Trinajstić information content (AvgIpc) is 3.20. The summed E-state index contributed by atoms with van der Waals surface area (Å²) >= 11 is 0. The lowest BCUT2D eigenvalue weighted by Crippen LogP contribution is -2.44. The number of anilines is 2. The van der Waals surface area contributed by atoms with Gasteiger partial charge in [0, 0.05) is 56.2 Å². The quantitative estimate of drug-likeness (QED) is 0.102. The highest BCUT2D eigenvalue weighted by molar-refractivity contribution is 7.92. The second kappa shape index (κ2) is 18.4. The molecule has 0 radical (unpaired) electrons. The van der Waals surface area contributed by atoms with Gasteiger partial charge in [0.25, 0.3) is 5.91 Å². The summed E-state index contributed by atoms with van der Waals surface area (Å²) in [6, 6.07) is 18.6. The Labute approximate surface area is 353 Å². The number of likely N-dealkylation sites (N-methyl/N-ethyl adjacent to an activating group) is 1. The molecule has 14 heteroatoms. The number of piperazine rings is 1. The van der Waals surface area contributed by atoms with Crippen LogP contribution >= 0.6 is 0 Å². The van der Waals surface area contributed by atoms with Gasteiger partial charge in [0.2, 0.25) is 10.0 Å². The molecule has 2 N–H and O–H groups in total. The van der Waals surface area contributed by atoms with Gasteiger partial charge in [-0.1, -0.05) is 32.9 Å². The molecule has 2 heterocycles. The van der Waals surface area contributed by atoms with Gasteiger partial charge < -0.3 is 29.3 Å². The number of sulfonamides is 1. The molecule has 0 atom stereocenters. The van der Waals surface area contributed by atoms with Gasteiger partial charge in [-0.15, -0.1) is 0 Å². The lowest BCUT2D eigenvalue weighted by molar-refractivity contribution is 0.0960. The number of fused-ring (bicyclic) bond motifs is 1. The van der Waals surface area contributed by atoms with Crippen LogP contribution in [0.15, 0.2) is 66.9 Å². The molecule has 0 aliphatic carbocycles. The van der Waals surface area contributed by atoms with Crippen LogP contribution in [0.1, 0.15) is 76.8 Å². The highest BCUT2D eigenvalue weighted by Gasteiger charge is 2.24. The lowest BCUT2D eigenvalue weighted by atomic mass is 9.86. The van der Waals surface area contributed by atoms with Crippen LogP contribution in [0.2, 0.25) is 0 Å². The summed E-state index contributed by atoms with van der Waals surface area (Å²) in [5.74, 6) is 1.35. The molecule has 60 heavy (non-hydrogen) atoms. The molecular weight excluding hydrogens is 781 g/mol. The Hall–Kier alpha value is -5.57. The molecular formula is C46H56N6O7S. The van der Waals surface area contributed by atoms with E-state index in [1.807, 2.05) is 70.2 Å². The number of nitrogens with zero attached hydrogens (tertiary/aromatic N) is 4. The van der Waals surface area contributed by atoms with Crippen LogP contribution in [0, 0.1) is 6.92 Å². The second-order valence-corrected chi connectivity index (χ2v) is 18.2. The summed E-state index contributed by atoms with van der Waals surface area (Å²) < 4.78 is 44.0. The minimum Gasteiger partial charge on any atom is -0.496 e. The number of hydrogen-bond acceptors (Lipinski definition) is 11. The maximum atomic E-state index is 13.8. The summed E-state index contributed by atoms with van der Waals surface area (Å²) in [5, 5.41) is 3.79. The van der Waals surface area contributed by atoms with E-state index in [0.717, 1.165) is 84.1 Å². The molecule has 1 amide bonds. The monoisotopic (exact) mass is 836 g/mol. The van der Waals surface area contributed by atoms with Gasteiger partial charge in [0.1, 0.15) is 22.9 Å². The third kappa shape index (κ3) is 10.6. The number of amides is 1. The number of nitrogens with one attached hydrogen (secondary N) is 2. The molecule has 1 aliphatic rings. The number of ether oxygens (including phenoxy) is 3. The van der Waals surface area contributed by atoms with E-state index in [4.69, 9.17) is 24.2 Å². The fourth-order valence-corrected chi connectivity index (χ4v) is 7.98. The summed E-state index contributed by atoms with van der Waals surface area (Å²) in [4.78, 5) is 41.5. The maximum Gasteiger partial charge on any atom is 0.255 e. The van der Waals surface area contributed by atoms with Crippen LogP contribution in [-0.4, -0.2) is 107 Å². The predicted molar refractivity (Wildman–Crippen MR) is 238 cm³/mol. The van der Waals surface area contributed by atoms with Crippen molar-refractivity contribution in [3.63, 3.8) is 0 Å². The van der Waals surface area contributed by atoms with Gasteiger partial charge in [-0.25, -0.2) is 18.4 Å². The molecule has 1 aliphatic heterocycles. The molecule has 1 saturated heterocycles. The molecule has 1 fully saturated rings. The highest BCUT2D eigenvalue weighted by atomic mass is 32.2. The number of methoxy groups -OCH3 is 3. The Morgan fingerprint density at radius 1 is 0.867 bits per heavy atom. The van der Waals surface area contributed by atoms with Gasteiger partial charge in [0.15, 0.2) is 11.5 Å². The highest BCUT2D eigenvalue weighted by Crippen LogP contribution is 2.40. The van der Waals surface area contributed by atoms with Gasteiger partial charge >= 0.3 is 0 Å². The number of carbonyl (C=O) groups is 2. The van der Waals surface area contributed by atoms with Crippen LogP contribution in [0.4, 0.5) is 11.4 Å². The van der Waals surface area contributed by atoms with Crippen molar-refractivity contribution in [3.8, 4) is 28.4 Å². The maximum absolute atomic E-state index is 13.8. The van der Waals surface area contributed by atoms with E-state index >= 15 is 0 Å². The van der Waals surface area contributed by atoms with E-state index in [-0.39, 0.29) is 28.5 Å². The van der Waals surface area contributed by atoms with Gasteiger partial charge in [-0.05, 0) is 109 Å². The normalized spacial score (nSPS) is 13.9. The zero-order valence-electron chi connectivity index (χ0n) is 36.1. The van der Waals surface area contributed by atoms with Crippen molar-refractivity contribution < 1.29 is 32.2 Å². The molecule has 0 unspecified atom stereocenters. The molecule has 0 spiro atoms. The van der Waals surface area contributed by atoms with Crippen molar-refractivity contribution in [2.75, 3.05) is 77.4 Å². The topological polar surface area (TPSA) is 152 Å². The molecule has 4 aromatic carbocycles. The largest absolute Gasteiger partial charge is 0.496 e. The third-order valence-electron chi connectivity index (χ3n) is 10.8. The van der Waals surface area contributed by atoms with E-state index < -0.39 is 10.0 Å². The van der Waals surface area contributed by atoms with Crippen LogP contribution in [0.3, 0.4) is 0 Å². The number of Topliss-reactive ketones (excluding diaryl/α,β-unsaturated/α-hetero) is 1. The van der Waals surface area contributed by atoms with Crippen LogP contribution in [0.5, 0.6) is 17.2 Å². The Bertz CT molecular complexity index is 2480. The predicted octanol–water partition coefficient (Wildman–Crippen LogP) is 7.35. The minimum atomic E-state index is -3.63. The van der Waals surface area contributed by atoms with Crippen LogP contribution in [-0.2, 0) is 21.9 Å². The zero-order chi connectivity index (χ0) is 43.4. The number of hydrogen-bond donors (Lipinski definition) is 2. The van der Waals surface area contributed by atoms with Crippen LogP contribution < -0.4 is 24.2 Å². The fourth-order valence-electron chi connectivity index (χ4n) is 7.43. The second-order valence-electron chi connectivity index (χ2n) is 16.5. The molecule has 5 aromatic rings. The third-order valence-corrected chi connectivity index (χ3v) is 11.4. The summed E-state index contributed by atoms with van der Waals surface area (Å²) in [5.41, 5.74) is 6.22. The van der Waals surface area contributed by atoms with Crippen LogP contribution in [0.25, 0.3) is 22.0 Å². The first kappa shape index (κ1) is 44.0. The molecule has 6 rings (SSSR count). The number of aryl methyl sites for hydroxylation is 1. The molecule has 0 bridgehead atoms. The first-order chi connectivity index (χ1) is 28.5. The SMILES string of the molecule is COc1cc(Cc2ncc3cc(-c4cc(C(=O)Nc5cc(C(C)(C)C)cc(NS(C)(=O)=O)c5OC)ccc4C)ccc3n2)cc(OC)c1C(=O)CCCN1CCN(C)CC1. The van der Waals surface area contributed by atoms with Crippen molar-refractivity contribution in [1.82, 2.24) is 19.8 Å². The first-order valence-electron chi connectivity index (χ1n) is 20.0. The average molecular weight is 837 g/mol. The molecule has 1 aromatic heterocycles. The van der Waals surface area contributed by atoms with E-state index in [1.165, 1.54) is 7.11 Å². The van der Waals surface area contributed by atoms with E-state index in [9.17, 15) is 18.0 Å². The number of ketones is 1. The Morgan fingerprint density at radius 3 is 2.18 bits per heavy atom. The van der Waals surface area contributed by atoms with Gasteiger partial charge in [-0.2, -0.15) is 0 Å². The Morgan fingerprint density at radius 2 is 1.55 bits per heavy atom. The zero-order valence-corrected chi connectivity index (χ0v) is 36.9. The molecule has 0 saturated carbocycles. The molecule has 13 nitrogen and oxygen atoms in total. The number of rotatable bonds is 15. The number of benzene rings is 4. The minimum absolute atomic E-state index is 0.00673. The molecule has 318 valence electrons. The Balaban J connectivity index is 1.20.